The number of rotatable bonds is 5. The molecule has 4 nitrogen and oxygen atoms in total. The Bertz CT molecular complexity index is 223. The first-order valence-electron chi connectivity index (χ1n) is 5.96. The molecule has 16 heavy (non-hydrogen) atoms. The van der Waals surface area contributed by atoms with Crippen LogP contribution < -0.4 is 0 Å². The molecule has 0 aliphatic heterocycles. The zero-order valence-corrected chi connectivity index (χ0v) is 11.0. The smallest absolute Gasteiger partial charge is 0.408 e. The normalized spacial score (nSPS) is 15.6. The van der Waals surface area contributed by atoms with Crippen molar-refractivity contribution in [3.63, 3.8) is 0 Å². The van der Waals surface area contributed by atoms with Crippen LogP contribution in [0, 0.1) is 0 Å². The lowest BCUT2D eigenvalue weighted by molar-refractivity contribution is 0.00230. The monoisotopic (exact) mass is 231 g/mol. The van der Waals surface area contributed by atoms with Crippen LogP contribution in [0.25, 0.3) is 0 Å². The maximum Gasteiger partial charge on any atom is 0.408 e. The fourth-order valence-electron chi connectivity index (χ4n) is 2.04. The number of hydrogen-bond donors (Lipinski definition) is 2. The average molecular weight is 231 g/mol. The van der Waals surface area contributed by atoms with E-state index in [1.807, 2.05) is 34.6 Å². The molecule has 0 aliphatic rings. The Morgan fingerprint density at radius 3 is 2.06 bits per heavy atom. The van der Waals surface area contributed by atoms with Crippen LogP contribution in [0.4, 0.5) is 4.79 Å². The summed E-state index contributed by atoms with van der Waals surface area (Å²) in [6, 6.07) is -0.322. The van der Waals surface area contributed by atoms with Crippen LogP contribution in [-0.4, -0.2) is 38.9 Å². The third-order valence-corrected chi connectivity index (χ3v) is 2.71. The Morgan fingerprint density at radius 1 is 1.31 bits per heavy atom. The van der Waals surface area contributed by atoms with E-state index in [4.69, 9.17) is 0 Å². The minimum atomic E-state index is -0.963. The third kappa shape index (κ3) is 4.00. The van der Waals surface area contributed by atoms with Gasteiger partial charge in [0.2, 0.25) is 0 Å². The number of carboxylic acid groups (broad SMARTS) is 1. The fraction of sp³-hybridized carbons (Fsp3) is 0.917. The second-order valence-corrected chi connectivity index (χ2v) is 5.16. The summed E-state index contributed by atoms with van der Waals surface area (Å²) in [4.78, 5) is 12.6. The summed E-state index contributed by atoms with van der Waals surface area (Å²) in [5, 5.41) is 19.2. The molecule has 0 aromatic rings. The van der Waals surface area contributed by atoms with E-state index in [0.717, 1.165) is 6.42 Å². The molecule has 0 saturated carbocycles. The summed E-state index contributed by atoms with van der Waals surface area (Å²) < 4.78 is 0. The molecule has 96 valence electrons. The van der Waals surface area contributed by atoms with Crippen molar-refractivity contribution >= 4 is 6.09 Å². The van der Waals surface area contributed by atoms with E-state index < -0.39 is 17.7 Å². The van der Waals surface area contributed by atoms with E-state index in [0.29, 0.717) is 12.8 Å². The summed E-state index contributed by atoms with van der Waals surface area (Å²) in [5.41, 5.74) is -0.485. The highest BCUT2D eigenvalue weighted by atomic mass is 16.4. The number of aliphatic hydroxyl groups is 1. The Labute approximate surface area is 98.3 Å². The lowest BCUT2D eigenvalue weighted by Gasteiger charge is -2.41. The molecule has 0 aromatic carbocycles. The van der Waals surface area contributed by atoms with Gasteiger partial charge in [-0.3, -0.25) is 4.90 Å². The SMILES string of the molecule is CCCC(O)[C@H](CC)N(C(=O)O)C(C)(C)C. The summed E-state index contributed by atoms with van der Waals surface area (Å²) in [6.07, 6.45) is 0.582. The predicted octanol–water partition coefficient (Wildman–Crippen LogP) is 2.70. The van der Waals surface area contributed by atoms with Gasteiger partial charge in [-0.15, -0.1) is 0 Å². The molecule has 4 heteroatoms. The number of nitrogens with zero attached hydrogens (tertiary/aromatic N) is 1. The first-order chi connectivity index (χ1) is 7.25. The lowest BCUT2D eigenvalue weighted by atomic mass is 9.96. The molecule has 0 heterocycles. The molecule has 1 unspecified atom stereocenters. The average Bonchev–Trinajstić information content (AvgIpc) is 2.11. The van der Waals surface area contributed by atoms with Gasteiger partial charge in [0, 0.05) is 5.54 Å². The number of carbonyl (C=O) groups is 1. The molecule has 0 radical (unpaired) electrons. The van der Waals surface area contributed by atoms with Crippen LogP contribution in [0.1, 0.15) is 53.9 Å². The molecule has 0 rings (SSSR count). The van der Waals surface area contributed by atoms with Gasteiger partial charge in [0.25, 0.3) is 0 Å². The maximum atomic E-state index is 11.3. The molecular formula is C12H25NO3. The molecule has 2 atom stereocenters. The van der Waals surface area contributed by atoms with Gasteiger partial charge >= 0.3 is 6.09 Å². The lowest BCUT2D eigenvalue weighted by Crippen LogP contribution is -2.55. The Kier molecular flexibility index (Phi) is 5.79. The van der Waals surface area contributed by atoms with E-state index in [1.54, 1.807) is 0 Å². The van der Waals surface area contributed by atoms with Crippen molar-refractivity contribution in [2.75, 3.05) is 0 Å². The highest BCUT2D eigenvalue weighted by Crippen LogP contribution is 2.23. The van der Waals surface area contributed by atoms with Crippen LogP contribution in [0.5, 0.6) is 0 Å². The van der Waals surface area contributed by atoms with E-state index in [-0.39, 0.29) is 6.04 Å². The summed E-state index contributed by atoms with van der Waals surface area (Å²) in [5.74, 6) is 0. The minimum Gasteiger partial charge on any atom is -0.465 e. The minimum absolute atomic E-state index is 0.322. The maximum absolute atomic E-state index is 11.3. The summed E-state index contributed by atoms with van der Waals surface area (Å²) in [6.45, 7) is 9.44. The summed E-state index contributed by atoms with van der Waals surface area (Å²) >= 11 is 0. The van der Waals surface area contributed by atoms with Gasteiger partial charge in [-0.25, -0.2) is 4.79 Å². The molecule has 0 fully saturated rings. The molecule has 1 amide bonds. The molecule has 0 saturated heterocycles. The van der Waals surface area contributed by atoms with Gasteiger partial charge < -0.3 is 10.2 Å². The predicted molar refractivity (Wildman–Crippen MR) is 64.6 cm³/mol. The number of hydrogen-bond acceptors (Lipinski definition) is 2. The van der Waals surface area contributed by atoms with Gasteiger partial charge in [-0.05, 0) is 33.6 Å². The third-order valence-electron chi connectivity index (χ3n) is 2.71. The summed E-state index contributed by atoms with van der Waals surface area (Å²) in [7, 11) is 0. The topological polar surface area (TPSA) is 60.8 Å². The second kappa shape index (κ2) is 6.09. The number of amides is 1. The second-order valence-electron chi connectivity index (χ2n) is 5.16. The Hall–Kier alpha value is -0.770. The van der Waals surface area contributed by atoms with Crippen molar-refractivity contribution in [3.8, 4) is 0 Å². The van der Waals surface area contributed by atoms with Crippen molar-refractivity contribution in [1.82, 2.24) is 4.90 Å². The van der Waals surface area contributed by atoms with Crippen molar-refractivity contribution in [1.29, 1.82) is 0 Å². The first-order valence-corrected chi connectivity index (χ1v) is 5.96. The molecule has 0 aromatic heterocycles. The molecular weight excluding hydrogens is 206 g/mol. The molecule has 0 aliphatic carbocycles. The molecule has 2 N–H and O–H groups in total. The van der Waals surface area contributed by atoms with Gasteiger partial charge in [-0.1, -0.05) is 20.3 Å². The quantitative estimate of drug-likeness (QED) is 0.764. The highest BCUT2D eigenvalue weighted by Gasteiger charge is 2.35. The number of aliphatic hydroxyl groups excluding tert-OH is 1. The zero-order valence-electron chi connectivity index (χ0n) is 11.0. The highest BCUT2D eigenvalue weighted by molar-refractivity contribution is 5.66. The zero-order chi connectivity index (χ0) is 12.9. The molecule has 0 bridgehead atoms. The first kappa shape index (κ1) is 15.2. The van der Waals surface area contributed by atoms with Crippen LogP contribution in [0.3, 0.4) is 0 Å². The van der Waals surface area contributed by atoms with Gasteiger partial charge in [0.05, 0.1) is 12.1 Å². The van der Waals surface area contributed by atoms with Crippen LogP contribution >= 0.6 is 0 Å². The largest absolute Gasteiger partial charge is 0.465 e. The van der Waals surface area contributed by atoms with Crippen molar-refractivity contribution in [2.24, 2.45) is 0 Å². The van der Waals surface area contributed by atoms with Gasteiger partial charge in [-0.2, -0.15) is 0 Å². The van der Waals surface area contributed by atoms with Crippen LogP contribution in [-0.2, 0) is 0 Å². The Morgan fingerprint density at radius 2 is 1.81 bits per heavy atom. The van der Waals surface area contributed by atoms with E-state index in [2.05, 4.69) is 0 Å². The van der Waals surface area contributed by atoms with Crippen molar-refractivity contribution < 1.29 is 15.0 Å². The van der Waals surface area contributed by atoms with Crippen molar-refractivity contribution in [3.05, 3.63) is 0 Å². The van der Waals surface area contributed by atoms with Crippen molar-refractivity contribution in [2.45, 2.75) is 71.6 Å². The van der Waals surface area contributed by atoms with Gasteiger partial charge in [0.1, 0.15) is 0 Å². The Balaban J connectivity index is 4.93. The van der Waals surface area contributed by atoms with Gasteiger partial charge in [0.15, 0.2) is 0 Å². The van der Waals surface area contributed by atoms with Crippen LogP contribution in [0.2, 0.25) is 0 Å². The van der Waals surface area contributed by atoms with E-state index >= 15 is 0 Å². The standard InChI is InChI=1S/C12H25NO3/c1-6-8-10(14)9(7-2)13(11(15)16)12(3,4)5/h9-10,14H,6-8H2,1-5H3,(H,15,16)/t9-,10?/m0/s1. The van der Waals surface area contributed by atoms with E-state index in [1.165, 1.54) is 4.90 Å². The fourth-order valence-corrected chi connectivity index (χ4v) is 2.04. The molecule has 0 spiro atoms. The van der Waals surface area contributed by atoms with E-state index in [9.17, 15) is 15.0 Å². The van der Waals surface area contributed by atoms with Crippen LogP contribution in [0.15, 0.2) is 0 Å².